The number of aromatic carboxylic acids is 1. The Balaban J connectivity index is 2.26. The van der Waals surface area contributed by atoms with Gasteiger partial charge in [0.1, 0.15) is 6.26 Å². The van der Waals surface area contributed by atoms with E-state index in [-0.39, 0.29) is 29.5 Å². The standard InChI is InChI=1S/C18H27F3N2O5Si/c1-17(2,3)29(4,5)28-10(7-15-23-13(9-27-15)16(25)26)6-12-11(18(19,20)21)8-14(24)22-12/h9-12H,6-8H2,1-5H3,(H,22,24)(H,25,26). The van der Waals surface area contributed by atoms with Crippen molar-refractivity contribution in [1.82, 2.24) is 10.3 Å². The van der Waals surface area contributed by atoms with Crippen LogP contribution in [0, 0.1) is 5.92 Å². The molecule has 11 heteroatoms. The number of nitrogens with one attached hydrogen (secondary N) is 1. The second-order valence-electron chi connectivity index (χ2n) is 8.90. The van der Waals surface area contributed by atoms with Gasteiger partial charge in [0, 0.05) is 18.9 Å². The van der Waals surface area contributed by atoms with E-state index in [1.165, 1.54) is 0 Å². The molecule has 164 valence electrons. The summed E-state index contributed by atoms with van der Waals surface area (Å²) in [6, 6.07) is -1.12. The third kappa shape index (κ3) is 5.81. The van der Waals surface area contributed by atoms with E-state index in [2.05, 4.69) is 10.3 Å². The van der Waals surface area contributed by atoms with Gasteiger partial charge in [-0.05, 0) is 24.6 Å². The van der Waals surface area contributed by atoms with Crippen LogP contribution in [0.15, 0.2) is 10.7 Å². The lowest BCUT2D eigenvalue weighted by molar-refractivity contribution is -0.178. The minimum Gasteiger partial charge on any atom is -0.476 e. The lowest BCUT2D eigenvalue weighted by Crippen LogP contribution is -2.47. The molecule has 2 rings (SSSR count). The fraction of sp³-hybridized carbons (Fsp3) is 0.722. The molecule has 0 bridgehead atoms. The van der Waals surface area contributed by atoms with E-state index in [0.29, 0.717) is 0 Å². The van der Waals surface area contributed by atoms with Crippen LogP contribution in [0.25, 0.3) is 0 Å². The van der Waals surface area contributed by atoms with Crippen molar-refractivity contribution in [2.24, 2.45) is 5.92 Å². The second kappa shape index (κ2) is 8.09. The van der Waals surface area contributed by atoms with Gasteiger partial charge in [-0.25, -0.2) is 9.78 Å². The summed E-state index contributed by atoms with van der Waals surface area (Å²) in [7, 11) is -2.37. The molecule has 1 aromatic rings. The zero-order chi connectivity index (χ0) is 22.2. The van der Waals surface area contributed by atoms with Crippen molar-refractivity contribution in [2.45, 2.75) is 76.5 Å². The van der Waals surface area contributed by atoms with Gasteiger partial charge in [0.05, 0.1) is 12.0 Å². The van der Waals surface area contributed by atoms with Crippen molar-refractivity contribution in [2.75, 3.05) is 0 Å². The molecule has 1 aliphatic rings. The molecule has 0 spiro atoms. The fourth-order valence-electron chi connectivity index (χ4n) is 3.02. The Morgan fingerprint density at radius 3 is 2.52 bits per heavy atom. The van der Waals surface area contributed by atoms with Crippen LogP contribution in [-0.4, -0.2) is 48.6 Å². The van der Waals surface area contributed by atoms with E-state index in [1.807, 2.05) is 33.9 Å². The van der Waals surface area contributed by atoms with Gasteiger partial charge in [-0.15, -0.1) is 0 Å². The molecule has 1 aliphatic heterocycles. The Hall–Kier alpha value is -1.88. The Kier molecular flexibility index (Phi) is 6.53. The van der Waals surface area contributed by atoms with Gasteiger partial charge in [0.2, 0.25) is 5.91 Å². The Bertz CT molecular complexity index is 757. The van der Waals surface area contributed by atoms with E-state index in [1.54, 1.807) is 0 Å². The summed E-state index contributed by atoms with van der Waals surface area (Å²) in [5.41, 5.74) is -0.284. The number of rotatable bonds is 7. The SMILES string of the molecule is CC(C)(C)[Si](C)(C)OC(Cc1nc(C(=O)O)co1)CC1NC(=O)CC1C(F)(F)F. The highest BCUT2D eigenvalue weighted by Crippen LogP contribution is 2.40. The molecule has 2 N–H and O–H groups in total. The smallest absolute Gasteiger partial charge is 0.394 e. The lowest BCUT2D eigenvalue weighted by Gasteiger charge is -2.40. The summed E-state index contributed by atoms with van der Waals surface area (Å²) >= 11 is 0. The van der Waals surface area contributed by atoms with Crippen molar-refractivity contribution >= 4 is 20.2 Å². The number of aromatic nitrogens is 1. The summed E-state index contributed by atoms with van der Waals surface area (Å²) in [4.78, 5) is 26.5. The zero-order valence-electron chi connectivity index (χ0n) is 17.1. The first kappa shape index (κ1) is 23.4. The summed E-state index contributed by atoms with van der Waals surface area (Å²) in [6.07, 6.45) is -4.92. The Labute approximate surface area is 168 Å². The minimum atomic E-state index is -4.51. The van der Waals surface area contributed by atoms with Gasteiger partial charge in [0.25, 0.3) is 0 Å². The predicted octanol–water partition coefficient (Wildman–Crippen LogP) is 3.76. The molecule has 1 fully saturated rings. The summed E-state index contributed by atoms with van der Waals surface area (Å²) < 4.78 is 51.6. The van der Waals surface area contributed by atoms with Gasteiger partial charge in [0.15, 0.2) is 19.9 Å². The molecule has 0 radical (unpaired) electrons. The quantitative estimate of drug-likeness (QED) is 0.631. The normalized spacial score (nSPS) is 21.9. The van der Waals surface area contributed by atoms with Crippen LogP contribution in [0.4, 0.5) is 13.2 Å². The molecule has 1 saturated heterocycles. The van der Waals surface area contributed by atoms with Gasteiger partial charge in [-0.3, -0.25) is 4.79 Å². The first-order valence-electron chi connectivity index (χ1n) is 9.32. The molecular weight excluding hydrogens is 409 g/mol. The third-order valence-corrected chi connectivity index (χ3v) is 10.2. The second-order valence-corrected chi connectivity index (χ2v) is 13.7. The number of amides is 1. The molecule has 3 unspecified atom stereocenters. The number of carboxylic acids is 1. The van der Waals surface area contributed by atoms with E-state index in [9.17, 15) is 22.8 Å². The summed E-state index contributed by atoms with van der Waals surface area (Å²) in [5, 5.41) is 11.2. The Morgan fingerprint density at radius 2 is 2.03 bits per heavy atom. The van der Waals surface area contributed by atoms with Crippen molar-refractivity contribution in [3.05, 3.63) is 17.8 Å². The largest absolute Gasteiger partial charge is 0.476 e. The minimum absolute atomic E-state index is 0.0107. The fourth-order valence-corrected chi connectivity index (χ4v) is 4.39. The topological polar surface area (TPSA) is 102 Å². The molecule has 2 heterocycles. The molecule has 1 aromatic heterocycles. The maximum Gasteiger partial charge on any atom is 0.394 e. The van der Waals surface area contributed by atoms with Crippen LogP contribution in [0.3, 0.4) is 0 Å². The summed E-state index contributed by atoms with van der Waals surface area (Å²) in [5.74, 6) is -3.63. The highest BCUT2D eigenvalue weighted by molar-refractivity contribution is 6.74. The van der Waals surface area contributed by atoms with Crippen molar-refractivity contribution < 1.29 is 36.7 Å². The van der Waals surface area contributed by atoms with Crippen LogP contribution in [0.1, 0.15) is 50.0 Å². The molecule has 3 atom stereocenters. The third-order valence-electron chi connectivity index (χ3n) is 5.62. The molecular formula is C18H27F3N2O5Si. The van der Waals surface area contributed by atoms with Crippen LogP contribution in [-0.2, 0) is 15.6 Å². The molecule has 1 amide bonds. The van der Waals surface area contributed by atoms with Crippen LogP contribution in [0.2, 0.25) is 18.1 Å². The number of carboxylic acid groups (broad SMARTS) is 1. The number of hydrogen-bond donors (Lipinski definition) is 2. The van der Waals surface area contributed by atoms with Gasteiger partial charge in [-0.1, -0.05) is 20.8 Å². The van der Waals surface area contributed by atoms with Gasteiger partial charge in [-0.2, -0.15) is 13.2 Å². The maximum atomic E-state index is 13.4. The molecule has 0 aromatic carbocycles. The van der Waals surface area contributed by atoms with Crippen LogP contribution in [0.5, 0.6) is 0 Å². The number of carbonyl (C=O) groups excluding carboxylic acids is 1. The molecule has 0 saturated carbocycles. The summed E-state index contributed by atoms with van der Waals surface area (Å²) in [6.45, 7) is 9.93. The molecule has 29 heavy (non-hydrogen) atoms. The monoisotopic (exact) mass is 436 g/mol. The van der Waals surface area contributed by atoms with Gasteiger partial charge < -0.3 is 19.3 Å². The van der Waals surface area contributed by atoms with E-state index < -0.39 is 50.9 Å². The van der Waals surface area contributed by atoms with Crippen molar-refractivity contribution in [1.29, 1.82) is 0 Å². The number of alkyl halides is 3. The number of halogens is 3. The van der Waals surface area contributed by atoms with Gasteiger partial charge >= 0.3 is 12.1 Å². The molecule has 7 nitrogen and oxygen atoms in total. The van der Waals surface area contributed by atoms with E-state index in [0.717, 1.165) is 6.26 Å². The number of hydrogen-bond acceptors (Lipinski definition) is 5. The first-order valence-corrected chi connectivity index (χ1v) is 12.2. The molecule has 0 aliphatic carbocycles. The van der Waals surface area contributed by atoms with Crippen molar-refractivity contribution in [3.63, 3.8) is 0 Å². The van der Waals surface area contributed by atoms with E-state index in [4.69, 9.17) is 13.9 Å². The highest BCUT2D eigenvalue weighted by atomic mass is 28.4. The first-order chi connectivity index (χ1) is 13.1. The number of nitrogens with zero attached hydrogens (tertiary/aromatic N) is 1. The average Bonchev–Trinajstić information content (AvgIpc) is 3.12. The predicted molar refractivity (Wildman–Crippen MR) is 99.9 cm³/mol. The number of carbonyl (C=O) groups is 2. The lowest BCUT2D eigenvalue weighted by atomic mass is 9.94. The average molecular weight is 437 g/mol. The zero-order valence-corrected chi connectivity index (χ0v) is 18.1. The van der Waals surface area contributed by atoms with E-state index >= 15 is 0 Å². The maximum absolute atomic E-state index is 13.4. The number of oxazole rings is 1. The van der Waals surface area contributed by atoms with Crippen LogP contribution >= 0.6 is 0 Å². The van der Waals surface area contributed by atoms with Crippen LogP contribution < -0.4 is 5.32 Å². The van der Waals surface area contributed by atoms with Crippen molar-refractivity contribution in [3.8, 4) is 0 Å². The Morgan fingerprint density at radius 1 is 1.41 bits per heavy atom. The highest BCUT2D eigenvalue weighted by Gasteiger charge is 2.51.